The first-order chi connectivity index (χ1) is 9.22. The molecule has 0 spiro atoms. The maximum atomic E-state index is 12.1. The van der Waals surface area contributed by atoms with Crippen LogP contribution in [-0.4, -0.2) is 30.3 Å². The number of halogens is 2. The summed E-state index contributed by atoms with van der Waals surface area (Å²) in [5, 5.41) is 1.54. The second kappa shape index (κ2) is 6.61. The number of nitrogens with zero attached hydrogens (tertiary/aromatic N) is 1. The van der Waals surface area contributed by atoms with Crippen molar-refractivity contribution in [3.63, 3.8) is 0 Å². The smallest absolute Gasteiger partial charge is 0.199 e. The van der Waals surface area contributed by atoms with Crippen LogP contribution in [0.2, 0.25) is 5.02 Å². The van der Waals surface area contributed by atoms with Crippen molar-refractivity contribution in [1.82, 2.24) is 4.90 Å². The Morgan fingerprint density at radius 3 is 2.75 bits per heavy atom. The van der Waals surface area contributed by atoms with Crippen molar-refractivity contribution in [1.29, 1.82) is 0 Å². The molecule has 1 aromatic carbocycles. The molecule has 5 heteroatoms. The number of likely N-dealkylation sites (tertiary alicyclic amines) is 1. The summed E-state index contributed by atoms with van der Waals surface area (Å²) in [5.41, 5.74) is 0.717. The topological polar surface area (TPSA) is 33.5 Å². The number of rotatable bonds is 4. The highest BCUT2D eigenvalue weighted by molar-refractivity contribution is 6.31. The summed E-state index contributed by atoms with van der Waals surface area (Å²) in [6, 6.07) is 7.17. The molecule has 0 amide bonds. The van der Waals surface area contributed by atoms with Crippen LogP contribution in [0.1, 0.15) is 29.8 Å². The van der Waals surface area contributed by atoms with Gasteiger partial charge in [-0.05, 0) is 50.2 Å². The SMILES string of the molecule is Cl.O=C(CCN1CCCC1)c1cc2cc(Cl)ccc2o1. The minimum absolute atomic E-state index is 0. The quantitative estimate of drug-likeness (QED) is 0.794. The maximum Gasteiger partial charge on any atom is 0.199 e. The highest BCUT2D eigenvalue weighted by Crippen LogP contribution is 2.24. The summed E-state index contributed by atoms with van der Waals surface area (Å²) >= 11 is 5.92. The molecule has 1 aliphatic rings. The third kappa shape index (κ3) is 3.35. The Kier molecular flexibility index (Phi) is 5.08. The van der Waals surface area contributed by atoms with Crippen LogP contribution < -0.4 is 0 Å². The fourth-order valence-corrected chi connectivity index (χ4v) is 2.72. The molecule has 1 aliphatic heterocycles. The molecule has 3 nitrogen and oxygen atoms in total. The van der Waals surface area contributed by atoms with Gasteiger partial charge in [-0.25, -0.2) is 0 Å². The Morgan fingerprint density at radius 2 is 2.00 bits per heavy atom. The van der Waals surface area contributed by atoms with Crippen molar-refractivity contribution in [2.24, 2.45) is 0 Å². The van der Waals surface area contributed by atoms with E-state index in [0.29, 0.717) is 22.8 Å². The second-order valence-corrected chi connectivity index (χ2v) is 5.45. The van der Waals surface area contributed by atoms with Crippen molar-refractivity contribution >= 4 is 40.8 Å². The molecule has 2 aromatic rings. The summed E-state index contributed by atoms with van der Waals surface area (Å²) < 4.78 is 5.57. The van der Waals surface area contributed by atoms with Gasteiger partial charge in [-0.15, -0.1) is 12.4 Å². The molecular weight excluding hydrogens is 297 g/mol. The highest BCUT2D eigenvalue weighted by Gasteiger charge is 2.16. The molecule has 0 saturated carbocycles. The third-order valence-corrected chi connectivity index (χ3v) is 3.84. The summed E-state index contributed by atoms with van der Waals surface area (Å²) in [4.78, 5) is 14.4. The molecule has 1 aromatic heterocycles. The van der Waals surface area contributed by atoms with Crippen LogP contribution in [0, 0.1) is 0 Å². The first kappa shape index (κ1) is 15.4. The van der Waals surface area contributed by atoms with E-state index in [4.69, 9.17) is 16.0 Å². The van der Waals surface area contributed by atoms with E-state index in [1.807, 2.05) is 6.07 Å². The van der Waals surface area contributed by atoms with Crippen LogP contribution in [0.5, 0.6) is 0 Å². The normalized spacial score (nSPS) is 15.4. The molecule has 0 N–H and O–H groups in total. The Labute approximate surface area is 129 Å². The van der Waals surface area contributed by atoms with Crippen molar-refractivity contribution in [2.45, 2.75) is 19.3 Å². The third-order valence-electron chi connectivity index (χ3n) is 3.61. The molecule has 108 valence electrons. The van der Waals surface area contributed by atoms with Crippen molar-refractivity contribution in [3.8, 4) is 0 Å². The van der Waals surface area contributed by atoms with Crippen LogP contribution in [0.15, 0.2) is 28.7 Å². The van der Waals surface area contributed by atoms with Gasteiger partial charge in [0.1, 0.15) is 5.58 Å². The first-order valence-electron chi connectivity index (χ1n) is 6.67. The number of fused-ring (bicyclic) bond motifs is 1. The molecule has 0 bridgehead atoms. The Morgan fingerprint density at radius 1 is 1.25 bits per heavy atom. The number of Topliss-reactive ketones (excluding diaryl/α,β-unsaturated/α-hetero) is 1. The van der Waals surface area contributed by atoms with Gasteiger partial charge in [0.25, 0.3) is 0 Å². The Hall–Kier alpha value is -1.03. The van der Waals surface area contributed by atoms with E-state index in [2.05, 4.69) is 4.90 Å². The Bertz CT molecular complexity index is 603. The van der Waals surface area contributed by atoms with Crippen molar-refractivity contribution < 1.29 is 9.21 Å². The predicted octanol–water partition coefficient (Wildman–Crippen LogP) is 4.18. The van der Waals surface area contributed by atoms with Gasteiger partial charge >= 0.3 is 0 Å². The van der Waals surface area contributed by atoms with E-state index < -0.39 is 0 Å². The lowest BCUT2D eigenvalue weighted by molar-refractivity contribution is 0.0944. The highest BCUT2D eigenvalue weighted by atomic mass is 35.5. The Balaban J connectivity index is 0.00000147. The van der Waals surface area contributed by atoms with E-state index in [0.717, 1.165) is 25.0 Å². The number of carbonyl (C=O) groups is 1. The van der Waals surface area contributed by atoms with Gasteiger partial charge in [0.05, 0.1) is 0 Å². The van der Waals surface area contributed by atoms with E-state index in [9.17, 15) is 4.79 Å². The average Bonchev–Trinajstić information content (AvgIpc) is 3.04. The van der Waals surface area contributed by atoms with E-state index in [1.165, 1.54) is 12.8 Å². The van der Waals surface area contributed by atoms with Crippen LogP contribution in [0.25, 0.3) is 11.0 Å². The molecule has 1 fully saturated rings. The lowest BCUT2D eigenvalue weighted by atomic mass is 10.2. The second-order valence-electron chi connectivity index (χ2n) is 5.01. The predicted molar refractivity (Wildman–Crippen MR) is 83.1 cm³/mol. The van der Waals surface area contributed by atoms with E-state index in [1.54, 1.807) is 18.2 Å². The zero-order chi connectivity index (χ0) is 13.2. The summed E-state index contributed by atoms with van der Waals surface area (Å²) in [5.74, 6) is 0.510. The number of carbonyl (C=O) groups excluding carboxylic acids is 1. The molecule has 20 heavy (non-hydrogen) atoms. The zero-order valence-electron chi connectivity index (χ0n) is 11.1. The monoisotopic (exact) mass is 313 g/mol. The zero-order valence-corrected chi connectivity index (χ0v) is 12.7. The lowest BCUT2D eigenvalue weighted by Gasteiger charge is -2.12. The molecule has 0 aliphatic carbocycles. The summed E-state index contributed by atoms with van der Waals surface area (Å²) in [6.07, 6.45) is 3.02. The lowest BCUT2D eigenvalue weighted by Crippen LogP contribution is -2.22. The fraction of sp³-hybridized carbons (Fsp3) is 0.400. The number of ketones is 1. The fourth-order valence-electron chi connectivity index (χ4n) is 2.54. The number of hydrogen-bond donors (Lipinski definition) is 0. The van der Waals surface area contributed by atoms with Gasteiger partial charge in [0.15, 0.2) is 11.5 Å². The molecule has 2 heterocycles. The standard InChI is InChI=1S/C15H16ClNO2.ClH/c16-12-3-4-14-11(9-12)10-15(19-14)13(18)5-8-17-6-1-2-7-17;/h3-4,9-10H,1-2,5-8H2;1H. The minimum Gasteiger partial charge on any atom is -0.453 e. The molecule has 0 atom stereocenters. The number of furan rings is 1. The van der Waals surface area contributed by atoms with Gasteiger partial charge in [-0.3, -0.25) is 4.79 Å². The molecule has 1 saturated heterocycles. The largest absolute Gasteiger partial charge is 0.453 e. The molecule has 0 unspecified atom stereocenters. The molecular formula is C15H17Cl2NO2. The van der Waals surface area contributed by atoms with Gasteiger partial charge < -0.3 is 9.32 Å². The number of benzene rings is 1. The van der Waals surface area contributed by atoms with Crippen LogP contribution in [-0.2, 0) is 0 Å². The average molecular weight is 314 g/mol. The minimum atomic E-state index is 0. The van der Waals surface area contributed by atoms with Crippen LogP contribution in [0.3, 0.4) is 0 Å². The maximum absolute atomic E-state index is 12.1. The molecule has 3 rings (SSSR count). The first-order valence-corrected chi connectivity index (χ1v) is 7.05. The van der Waals surface area contributed by atoms with Gasteiger partial charge in [0, 0.05) is 23.4 Å². The van der Waals surface area contributed by atoms with E-state index >= 15 is 0 Å². The molecule has 0 radical (unpaired) electrons. The summed E-state index contributed by atoms with van der Waals surface area (Å²) in [7, 11) is 0. The van der Waals surface area contributed by atoms with Gasteiger partial charge in [0.2, 0.25) is 0 Å². The number of hydrogen-bond acceptors (Lipinski definition) is 3. The van der Waals surface area contributed by atoms with Crippen LogP contribution >= 0.6 is 24.0 Å². The van der Waals surface area contributed by atoms with E-state index in [-0.39, 0.29) is 18.2 Å². The van der Waals surface area contributed by atoms with Gasteiger partial charge in [-0.2, -0.15) is 0 Å². The van der Waals surface area contributed by atoms with Crippen LogP contribution in [0.4, 0.5) is 0 Å². The van der Waals surface area contributed by atoms with Crippen molar-refractivity contribution in [3.05, 3.63) is 35.0 Å². The summed E-state index contributed by atoms with van der Waals surface area (Å²) in [6.45, 7) is 3.06. The van der Waals surface area contributed by atoms with Gasteiger partial charge in [-0.1, -0.05) is 11.6 Å². The van der Waals surface area contributed by atoms with Crippen molar-refractivity contribution in [2.75, 3.05) is 19.6 Å².